The molecule has 0 bridgehead atoms. The summed E-state index contributed by atoms with van der Waals surface area (Å²) < 4.78 is 16.1. The average Bonchev–Trinajstić information content (AvgIpc) is 3.17. The zero-order valence-corrected chi connectivity index (χ0v) is 15.4. The fraction of sp³-hybridized carbons (Fsp3) is 0.0500. The van der Waals surface area contributed by atoms with Gasteiger partial charge in [0.25, 0.3) is 5.56 Å². The number of fused-ring (bicyclic) bond motifs is 1. The molecule has 0 spiro atoms. The molecule has 150 valence electrons. The largest absolute Gasteiger partial charge is 0.326 e. The molecule has 30 heavy (non-hydrogen) atoms. The van der Waals surface area contributed by atoms with E-state index < -0.39 is 29.9 Å². The van der Waals surface area contributed by atoms with Gasteiger partial charge in [-0.15, -0.1) is 0 Å². The second-order valence-corrected chi connectivity index (χ2v) is 6.29. The van der Waals surface area contributed by atoms with Gasteiger partial charge in [-0.25, -0.2) is 18.9 Å². The molecule has 3 amide bonds. The molecule has 2 aromatic carbocycles. The van der Waals surface area contributed by atoms with Crippen molar-refractivity contribution >= 4 is 28.7 Å². The van der Waals surface area contributed by atoms with Crippen LogP contribution in [0.25, 0.3) is 16.7 Å². The number of aromatic nitrogens is 4. The van der Waals surface area contributed by atoms with Gasteiger partial charge in [-0.2, -0.15) is 5.10 Å². The minimum absolute atomic E-state index is 0.0728. The van der Waals surface area contributed by atoms with E-state index in [4.69, 9.17) is 0 Å². The molecule has 2 heterocycles. The standard InChI is InChI=1S/C20H15FN6O3/c21-15-8-4-5-9-16(15)24-20(30)25-17(28)11-26-12-22-18-14(19(26)29)10-23-27(18)13-6-2-1-3-7-13/h1-10,12H,11H2,(H2,24,25,28,30). The van der Waals surface area contributed by atoms with Crippen molar-refractivity contribution in [3.63, 3.8) is 0 Å². The summed E-state index contributed by atoms with van der Waals surface area (Å²) in [6, 6.07) is 13.8. The molecule has 10 heteroatoms. The lowest BCUT2D eigenvalue weighted by Gasteiger charge is -2.09. The number of halogens is 1. The van der Waals surface area contributed by atoms with Gasteiger partial charge in [-0.3, -0.25) is 19.5 Å². The Morgan fingerprint density at radius 1 is 1.03 bits per heavy atom. The van der Waals surface area contributed by atoms with Crippen molar-refractivity contribution in [3.8, 4) is 5.69 Å². The summed E-state index contributed by atoms with van der Waals surface area (Å²) in [5.74, 6) is -1.40. The second kappa shape index (κ2) is 7.95. The van der Waals surface area contributed by atoms with Crippen LogP contribution in [0.3, 0.4) is 0 Å². The summed E-state index contributed by atoms with van der Waals surface area (Å²) in [7, 11) is 0. The highest BCUT2D eigenvalue weighted by Crippen LogP contribution is 2.13. The molecular formula is C20H15FN6O3. The maximum absolute atomic E-state index is 13.6. The van der Waals surface area contributed by atoms with E-state index in [2.05, 4.69) is 15.4 Å². The zero-order valence-electron chi connectivity index (χ0n) is 15.4. The maximum Gasteiger partial charge on any atom is 0.326 e. The predicted molar refractivity (Wildman–Crippen MR) is 107 cm³/mol. The summed E-state index contributed by atoms with van der Waals surface area (Å²) in [4.78, 5) is 40.9. The predicted octanol–water partition coefficient (Wildman–Crippen LogP) is 2.07. The second-order valence-electron chi connectivity index (χ2n) is 6.29. The highest BCUT2D eigenvalue weighted by molar-refractivity contribution is 6.01. The van der Waals surface area contributed by atoms with Crippen LogP contribution in [0.5, 0.6) is 0 Å². The highest BCUT2D eigenvalue weighted by Gasteiger charge is 2.15. The molecule has 0 fully saturated rings. The minimum atomic E-state index is -0.913. The van der Waals surface area contributed by atoms with Gasteiger partial charge in [0.1, 0.15) is 24.1 Å². The third-order valence-corrected chi connectivity index (χ3v) is 4.24. The van der Waals surface area contributed by atoms with Crippen molar-refractivity contribution < 1.29 is 14.0 Å². The number of rotatable bonds is 4. The fourth-order valence-electron chi connectivity index (χ4n) is 2.86. The zero-order chi connectivity index (χ0) is 21.1. The lowest BCUT2D eigenvalue weighted by molar-refractivity contribution is -0.120. The molecule has 0 atom stereocenters. The molecule has 0 unspecified atom stereocenters. The number of amides is 3. The summed E-state index contributed by atoms with van der Waals surface area (Å²) in [5.41, 5.74) is 0.531. The van der Waals surface area contributed by atoms with Gasteiger partial charge >= 0.3 is 6.03 Å². The first-order chi connectivity index (χ1) is 14.5. The first-order valence-corrected chi connectivity index (χ1v) is 8.87. The van der Waals surface area contributed by atoms with Crippen LogP contribution in [0.15, 0.2) is 71.9 Å². The number of urea groups is 1. The molecule has 0 saturated carbocycles. The molecule has 0 aliphatic carbocycles. The van der Waals surface area contributed by atoms with Crippen LogP contribution in [0.1, 0.15) is 0 Å². The van der Waals surface area contributed by atoms with Gasteiger partial charge in [0.05, 0.1) is 17.6 Å². The smallest absolute Gasteiger partial charge is 0.305 e. The van der Waals surface area contributed by atoms with E-state index in [0.717, 1.165) is 10.3 Å². The molecule has 2 aromatic heterocycles. The number of nitrogens with one attached hydrogen (secondary N) is 2. The van der Waals surface area contributed by atoms with Gasteiger partial charge in [0.2, 0.25) is 5.91 Å². The van der Waals surface area contributed by atoms with E-state index in [1.807, 2.05) is 35.6 Å². The first kappa shape index (κ1) is 19.0. The first-order valence-electron chi connectivity index (χ1n) is 8.87. The molecule has 2 N–H and O–H groups in total. The number of carbonyl (C=O) groups excluding carboxylic acids is 2. The van der Waals surface area contributed by atoms with Crippen LogP contribution in [-0.4, -0.2) is 31.3 Å². The Kier molecular flexibility index (Phi) is 5.04. The van der Waals surface area contributed by atoms with E-state index in [1.165, 1.54) is 41.5 Å². The molecule has 0 saturated heterocycles. The van der Waals surface area contributed by atoms with Gasteiger partial charge in [0.15, 0.2) is 5.65 Å². The van der Waals surface area contributed by atoms with E-state index in [-0.39, 0.29) is 11.1 Å². The SMILES string of the molecule is O=C(Cn1cnc2c(cnn2-c2ccccc2)c1=O)NC(=O)Nc1ccccc1F. The quantitative estimate of drug-likeness (QED) is 0.539. The number of para-hydroxylation sites is 2. The third kappa shape index (κ3) is 3.78. The van der Waals surface area contributed by atoms with Crippen LogP contribution in [0.2, 0.25) is 0 Å². The van der Waals surface area contributed by atoms with Gasteiger partial charge < -0.3 is 5.32 Å². The molecule has 9 nitrogen and oxygen atoms in total. The number of hydrogen-bond donors (Lipinski definition) is 2. The van der Waals surface area contributed by atoms with Crippen LogP contribution in [0.4, 0.5) is 14.9 Å². The summed E-state index contributed by atoms with van der Waals surface area (Å²) in [6.07, 6.45) is 2.58. The lowest BCUT2D eigenvalue weighted by atomic mass is 10.3. The van der Waals surface area contributed by atoms with Crippen LogP contribution in [0, 0.1) is 5.82 Å². The van der Waals surface area contributed by atoms with Gasteiger partial charge in [-0.05, 0) is 24.3 Å². The number of anilines is 1. The summed E-state index contributed by atoms with van der Waals surface area (Å²) in [6.45, 7) is -0.441. The number of hydrogen-bond acceptors (Lipinski definition) is 5. The highest BCUT2D eigenvalue weighted by atomic mass is 19.1. The molecule has 4 rings (SSSR count). The number of nitrogens with zero attached hydrogens (tertiary/aromatic N) is 4. The van der Waals surface area contributed by atoms with E-state index >= 15 is 0 Å². The molecule has 0 radical (unpaired) electrons. The normalized spacial score (nSPS) is 10.7. The number of imide groups is 1. The molecule has 0 aliphatic rings. The molecule has 0 aliphatic heterocycles. The maximum atomic E-state index is 13.6. The Labute approximate surface area is 168 Å². The fourth-order valence-corrected chi connectivity index (χ4v) is 2.86. The average molecular weight is 406 g/mol. The monoisotopic (exact) mass is 406 g/mol. The van der Waals surface area contributed by atoms with E-state index in [0.29, 0.717) is 5.65 Å². The number of carbonyl (C=O) groups is 2. The van der Waals surface area contributed by atoms with Crippen molar-refractivity contribution in [3.05, 3.63) is 83.3 Å². The van der Waals surface area contributed by atoms with Crippen LogP contribution < -0.4 is 16.2 Å². The Morgan fingerprint density at radius 3 is 2.53 bits per heavy atom. The number of benzene rings is 2. The Morgan fingerprint density at radius 2 is 1.77 bits per heavy atom. The Bertz CT molecular complexity index is 1300. The van der Waals surface area contributed by atoms with Crippen molar-refractivity contribution in [1.82, 2.24) is 24.6 Å². The van der Waals surface area contributed by atoms with Crippen molar-refractivity contribution in [2.75, 3.05) is 5.32 Å². The van der Waals surface area contributed by atoms with E-state index in [9.17, 15) is 18.8 Å². The minimum Gasteiger partial charge on any atom is -0.305 e. The van der Waals surface area contributed by atoms with Crippen molar-refractivity contribution in [2.24, 2.45) is 0 Å². The summed E-state index contributed by atoms with van der Waals surface area (Å²) >= 11 is 0. The van der Waals surface area contributed by atoms with Gasteiger partial charge in [-0.1, -0.05) is 30.3 Å². The van der Waals surface area contributed by atoms with Gasteiger partial charge in [0, 0.05) is 0 Å². The Balaban J connectivity index is 1.49. The van der Waals surface area contributed by atoms with Crippen molar-refractivity contribution in [2.45, 2.75) is 6.54 Å². The van der Waals surface area contributed by atoms with Crippen LogP contribution >= 0.6 is 0 Å². The lowest BCUT2D eigenvalue weighted by Crippen LogP contribution is -2.38. The molecular weight excluding hydrogens is 391 g/mol. The summed E-state index contributed by atoms with van der Waals surface area (Å²) in [5, 5.41) is 8.69. The topological polar surface area (TPSA) is 111 Å². The van der Waals surface area contributed by atoms with E-state index in [1.54, 1.807) is 0 Å². The van der Waals surface area contributed by atoms with Crippen LogP contribution in [-0.2, 0) is 11.3 Å². The van der Waals surface area contributed by atoms with Crippen molar-refractivity contribution in [1.29, 1.82) is 0 Å². The molecule has 4 aromatic rings. The third-order valence-electron chi connectivity index (χ3n) is 4.24. The Hall–Kier alpha value is -4.34.